The van der Waals surface area contributed by atoms with Crippen LogP contribution in [0.4, 0.5) is 0 Å². The van der Waals surface area contributed by atoms with Crippen LogP contribution in [0.1, 0.15) is 24.1 Å². The number of aryl methyl sites for hydroxylation is 1. The maximum Gasteiger partial charge on any atom is 0.259 e. The van der Waals surface area contributed by atoms with Crippen LogP contribution in [0.3, 0.4) is 0 Å². The molecular weight excluding hydrogens is 324 g/mol. The lowest BCUT2D eigenvalue weighted by molar-refractivity contribution is 0.223. The van der Waals surface area contributed by atoms with Crippen molar-refractivity contribution >= 4 is 37.4 Å². The zero-order valence-electron chi connectivity index (χ0n) is 11.0. The van der Waals surface area contributed by atoms with Crippen molar-refractivity contribution in [1.82, 2.24) is 9.47 Å². The van der Waals surface area contributed by atoms with E-state index in [0.29, 0.717) is 0 Å². The summed E-state index contributed by atoms with van der Waals surface area (Å²) in [4.78, 5) is 15.9. The lowest BCUT2D eigenvalue weighted by Gasteiger charge is -2.25. The summed E-state index contributed by atoms with van der Waals surface area (Å²) in [7, 11) is 1.80. The summed E-state index contributed by atoms with van der Waals surface area (Å²) in [5, 5.41) is 0.842. The second-order valence-electron chi connectivity index (χ2n) is 5.19. The molecule has 0 aromatic carbocycles. The van der Waals surface area contributed by atoms with Gasteiger partial charge in [-0.2, -0.15) is 0 Å². The molecule has 0 saturated carbocycles. The van der Waals surface area contributed by atoms with Crippen LogP contribution in [0.2, 0.25) is 0 Å². The predicted octanol–water partition coefficient (Wildman–Crippen LogP) is 3.35. The average molecular weight is 341 g/mol. The number of fused-ring (bicyclic) bond motifs is 1. The molecule has 0 aliphatic carbocycles. The molecule has 3 nitrogen and oxygen atoms in total. The molecule has 3 rings (SSSR count). The number of rotatable bonds is 2. The molecule has 2 aromatic rings. The fourth-order valence-corrected chi connectivity index (χ4v) is 4.53. The smallest absolute Gasteiger partial charge is 0.259 e. The Balaban J connectivity index is 1.95. The van der Waals surface area contributed by atoms with Crippen molar-refractivity contribution in [2.24, 2.45) is 7.05 Å². The third-order valence-corrected chi connectivity index (χ3v) is 5.70. The van der Waals surface area contributed by atoms with Crippen molar-refractivity contribution in [3.63, 3.8) is 0 Å². The molecule has 0 atom stereocenters. The topological polar surface area (TPSA) is 25.2 Å². The van der Waals surface area contributed by atoms with Crippen LogP contribution in [0.5, 0.6) is 0 Å². The van der Waals surface area contributed by atoms with Crippen molar-refractivity contribution in [3.8, 4) is 0 Å². The summed E-state index contributed by atoms with van der Waals surface area (Å²) in [5.41, 5.74) is 0.0966. The molecule has 1 aliphatic rings. The average Bonchev–Trinajstić information content (AvgIpc) is 2.82. The van der Waals surface area contributed by atoms with Crippen molar-refractivity contribution < 1.29 is 0 Å². The number of aromatic nitrogens is 1. The van der Waals surface area contributed by atoms with E-state index in [9.17, 15) is 4.79 Å². The first-order valence-corrected chi connectivity index (χ1v) is 8.26. The highest BCUT2D eigenvalue weighted by molar-refractivity contribution is 9.10. The van der Waals surface area contributed by atoms with Gasteiger partial charge in [0.15, 0.2) is 0 Å². The fraction of sp³-hybridized carbons (Fsp3) is 0.500. The van der Waals surface area contributed by atoms with Gasteiger partial charge in [-0.1, -0.05) is 6.42 Å². The van der Waals surface area contributed by atoms with Crippen molar-refractivity contribution in [3.05, 3.63) is 32.0 Å². The van der Waals surface area contributed by atoms with E-state index in [2.05, 4.69) is 26.9 Å². The van der Waals surface area contributed by atoms with Gasteiger partial charge >= 0.3 is 0 Å². The number of nitrogens with zero attached hydrogens (tertiary/aromatic N) is 2. The van der Waals surface area contributed by atoms with Crippen LogP contribution in [0, 0.1) is 0 Å². The second-order valence-corrected chi connectivity index (χ2v) is 7.18. The Kier molecular flexibility index (Phi) is 3.78. The number of likely N-dealkylation sites (tertiary alicyclic amines) is 1. The van der Waals surface area contributed by atoms with Crippen molar-refractivity contribution in [2.75, 3.05) is 13.1 Å². The van der Waals surface area contributed by atoms with Gasteiger partial charge in [-0.3, -0.25) is 9.69 Å². The molecule has 19 heavy (non-hydrogen) atoms. The van der Waals surface area contributed by atoms with E-state index in [0.717, 1.165) is 21.1 Å². The maximum atomic E-state index is 12.1. The van der Waals surface area contributed by atoms with E-state index in [1.807, 2.05) is 6.20 Å². The largest absolute Gasteiger partial charge is 0.317 e. The lowest BCUT2D eigenvalue weighted by Crippen LogP contribution is -2.28. The first-order chi connectivity index (χ1) is 9.15. The van der Waals surface area contributed by atoms with Crippen LogP contribution in [-0.2, 0) is 13.6 Å². The van der Waals surface area contributed by atoms with Gasteiger partial charge in [0.1, 0.15) is 0 Å². The normalized spacial score (nSPS) is 17.2. The molecule has 1 saturated heterocycles. The Bertz CT molecular complexity index is 655. The molecule has 0 spiro atoms. The Morgan fingerprint density at radius 3 is 2.79 bits per heavy atom. The van der Waals surface area contributed by atoms with Crippen molar-refractivity contribution in [2.45, 2.75) is 25.8 Å². The van der Waals surface area contributed by atoms with Gasteiger partial charge in [0, 0.05) is 24.7 Å². The van der Waals surface area contributed by atoms with Gasteiger partial charge in [-0.25, -0.2) is 0 Å². The van der Waals surface area contributed by atoms with Crippen LogP contribution in [-0.4, -0.2) is 22.6 Å². The monoisotopic (exact) mass is 340 g/mol. The highest BCUT2D eigenvalue weighted by Gasteiger charge is 2.14. The third kappa shape index (κ3) is 2.64. The Morgan fingerprint density at radius 2 is 2.05 bits per heavy atom. The summed E-state index contributed by atoms with van der Waals surface area (Å²) in [5.74, 6) is 0. The minimum Gasteiger partial charge on any atom is -0.317 e. The Hall–Kier alpha value is -0.650. The Labute approximate surface area is 125 Å². The van der Waals surface area contributed by atoms with Gasteiger partial charge in [0.25, 0.3) is 5.56 Å². The summed E-state index contributed by atoms with van der Waals surface area (Å²) < 4.78 is 3.73. The van der Waals surface area contributed by atoms with E-state index in [1.54, 1.807) is 23.0 Å². The minimum absolute atomic E-state index is 0.0966. The summed E-state index contributed by atoms with van der Waals surface area (Å²) in [6, 6.07) is 2.07. The summed E-state index contributed by atoms with van der Waals surface area (Å²) >= 11 is 5.30. The fourth-order valence-electron chi connectivity index (χ4n) is 2.67. The third-order valence-electron chi connectivity index (χ3n) is 3.69. The molecule has 0 unspecified atom stereocenters. The van der Waals surface area contributed by atoms with Gasteiger partial charge in [-0.15, -0.1) is 11.3 Å². The van der Waals surface area contributed by atoms with Gasteiger partial charge < -0.3 is 4.57 Å². The molecular formula is C14H17BrN2OS. The summed E-state index contributed by atoms with van der Waals surface area (Å²) in [6.45, 7) is 3.36. The molecule has 1 aliphatic heterocycles. The SMILES string of the molecule is Cn1cc(Br)c2sc(CN3CCCCC3)cc2c1=O. The molecule has 0 bridgehead atoms. The molecule has 3 heterocycles. The molecule has 0 N–H and O–H groups in total. The first kappa shape index (κ1) is 13.3. The first-order valence-electron chi connectivity index (χ1n) is 6.65. The van der Waals surface area contributed by atoms with Crippen molar-refractivity contribution in [1.29, 1.82) is 0 Å². The summed E-state index contributed by atoms with van der Waals surface area (Å²) in [6.07, 6.45) is 5.81. The van der Waals surface area contributed by atoms with Crippen LogP contribution < -0.4 is 5.56 Å². The van der Waals surface area contributed by atoms with Gasteiger partial charge in [-0.05, 0) is 47.9 Å². The standard InChI is InChI=1S/C14H17BrN2OS/c1-16-9-12(15)13-11(14(16)18)7-10(19-13)8-17-5-3-2-4-6-17/h7,9H,2-6,8H2,1H3. The molecule has 102 valence electrons. The minimum atomic E-state index is 0.0966. The maximum absolute atomic E-state index is 12.1. The number of halogens is 1. The molecule has 1 fully saturated rings. The lowest BCUT2D eigenvalue weighted by atomic mass is 10.1. The zero-order chi connectivity index (χ0) is 13.4. The van der Waals surface area contributed by atoms with E-state index in [-0.39, 0.29) is 5.56 Å². The van der Waals surface area contributed by atoms with Gasteiger partial charge in [0.2, 0.25) is 0 Å². The molecule has 0 radical (unpaired) electrons. The Morgan fingerprint density at radius 1 is 1.32 bits per heavy atom. The van der Waals surface area contributed by atoms with Crippen LogP contribution in [0.15, 0.2) is 21.5 Å². The van der Waals surface area contributed by atoms with E-state index in [1.165, 1.54) is 37.2 Å². The number of hydrogen-bond donors (Lipinski definition) is 0. The van der Waals surface area contributed by atoms with Crippen LogP contribution in [0.25, 0.3) is 10.1 Å². The predicted molar refractivity (Wildman–Crippen MR) is 83.9 cm³/mol. The highest BCUT2D eigenvalue weighted by atomic mass is 79.9. The molecule has 0 amide bonds. The molecule has 5 heteroatoms. The quantitative estimate of drug-likeness (QED) is 0.837. The molecule has 2 aromatic heterocycles. The number of thiophene rings is 1. The van der Waals surface area contributed by atoms with Gasteiger partial charge in [0.05, 0.1) is 14.6 Å². The van der Waals surface area contributed by atoms with E-state index < -0.39 is 0 Å². The number of piperidine rings is 1. The van der Waals surface area contributed by atoms with E-state index in [4.69, 9.17) is 0 Å². The number of hydrogen-bond acceptors (Lipinski definition) is 3. The number of pyridine rings is 1. The second kappa shape index (κ2) is 5.38. The van der Waals surface area contributed by atoms with Crippen LogP contribution >= 0.6 is 27.3 Å². The highest BCUT2D eigenvalue weighted by Crippen LogP contribution is 2.30. The zero-order valence-corrected chi connectivity index (χ0v) is 13.4. The van der Waals surface area contributed by atoms with E-state index >= 15 is 0 Å².